The van der Waals surface area contributed by atoms with E-state index in [0.29, 0.717) is 18.5 Å². The highest BCUT2D eigenvalue weighted by Crippen LogP contribution is 2.33. The second-order valence-electron chi connectivity index (χ2n) is 4.53. The van der Waals surface area contributed by atoms with E-state index >= 15 is 0 Å². The molecule has 0 saturated carbocycles. The zero-order valence-corrected chi connectivity index (χ0v) is 10.8. The predicted octanol–water partition coefficient (Wildman–Crippen LogP) is 1.22. The highest BCUT2D eigenvalue weighted by atomic mass is 16.6. The van der Waals surface area contributed by atoms with Gasteiger partial charge in [-0.05, 0) is 18.4 Å². The van der Waals surface area contributed by atoms with Crippen LogP contribution in [0.1, 0.15) is 24.6 Å². The molecule has 2 rings (SSSR count). The van der Waals surface area contributed by atoms with Gasteiger partial charge in [0.25, 0.3) is 0 Å². The van der Waals surface area contributed by atoms with Crippen molar-refractivity contribution in [3.8, 4) is 0 Å². The van der Waals surface area contributed by atoms with Gasteiger partial charge >= 0.3 is 5.69 Å². The third kappa shape index (κ3) is 2.72. The predicted molar refractivity (Wildman–Crippen MR) is 66.7 cm³/mol. The highest BCUT2D eigenvalue weighted by molar-refractivity contribution is 5.34. The number of nitro groups is 1. The number of hydrogen-bond acceptors (Lipinski definition) is 6. The Labute approximate surface area is 113 Å². The van der Waals surface area contributed by atoms with Crippen LogP contribution >= 0.6 is 0 Å². The smallest absolute Gasteiger partial charge is 0.312 e. The van der Waals surface area contributed by atoms with Gasteiger partial charge in [0.15, 0.2) is 0 Å². The van der Waals surface area contributed by atoms with Crippen molar-refractivity contribution in [2.24, 2.45) is 12.2 Å². The average Bonchev–Trinajstić information content (AvgIpc) is 2.70. The van der Waals surface area contributed by atoms with Crippen LogP contribution in [0.5, 0.6) is 0 Å². The summed E-state index contributed by atoms with van der Waals surface area (Å²) in [4.78, 5) is 13.1. The molecule has 0 radical (unpaired) electrons. The van der Waals surface area contributed by atoms with E-state index in [1.165, 1.54) is 10.9 Å². The van der Waals surface area contributed by atoms with E-state index in [1.54, 1.807) is 7.05 Å². The van der Waals surface area contributed by atoms with Crippen molar-refractivity contribution in [1.29, 1.82) is 0 Å². The first-order valence-electron chi connectivity index (χ1n) is 6.04. The van der Waals surface area contributed by atoms with Crippen molar-refractivity contribution in [2.45, 2.75) is 31.1 Å². The summed E-state index contributed by atoms with van der Waals surface area (Å²) in [5, 5.41) is 28.2. The van der Waals surface area contributed by atoms with Gasteiger partial charge in [-0.1, -0.05) is 5.11 Å². The molecule has 1 saturated heterocycles. The number of aliphatic hydroxyl groups is 1. The first kappa shape index (κ1) is 14.3. The number of ether oxygens (including phenoxy) is 1. The van der Waals surface area contributed by atoms with E-state index in [0.717, 1.165) is 0 Å². The summed E-state index contributed by atoms with van der Waals surface area (Å²) in [6, 6.07) is -0.586. The Hall–Kier alpha value is -2.16. The number of rotatable bonds is 3. The van der Waals surface area contributed by atoms with E-state index in [-0.39, 0.29) is 12.3 Å². The molecular weight excluding hydrogens is 268 g/mol. The normalized spacial score (nSPS) is 26.6. The molecule has 1 aliphatic rings. The van der Waals surface area contributed by atoms with Crippen LogP contribution in [-0.4, -0.2) is 38.6 Å². The largest absolute Gasteiger partial charge is 0.390 e. The number of aryl methyl sites for hydroxylation is 1. The molecule has 0 amide bonds. The molecule has 10 heteroatoms. The summed E-state index contributed by atoms with van der Waals surface area (Å²) in [5.74, 6) is 0. The van der Waals surface area contributed by atoms with Gasteiger partial charge < -0.3 is 9.84 Å². The molecule has 3 atom stereocenters. The lowest BCUT2D eigenvalue weighted by Crippen LogP contribution is -2.26. The molecule has 0 aliphatic carbocycles. The maximum Gasteiger partial charge on any atom is 0.312 e. The second kappa shape index (κ2) is 5.87. The summed E-state index contributed by atoms with van der Waals surface area (Å²) >= 11 is 0. The molecular formula is C10H14N6O4. The molecule has 1 N–H and O–H groups in total. The molecule has 0 bridgehead atoms. The quantitative estimate of drug-likeness (QED) is 0.292. The van der Waals surface area contributed by atoms with E-state index in [1.807, 2.05) is 0 Å². The average molecular weight is 282 g/mol. The lowest BCUT2D eigenvalue weighted by molar-refractivity contribution is -0.386. The molecule has 0 unspecified atom stereocenters. The Morgan fingerprint density at radius 1 is 1.70 bits per heavy atom. The molecule has 20 heavy (non-hydrogen) atoms. The van der Waals surface area contributed by atoms with Crippen molar-refractivity contribution in [2.75, 3.05) is 6.61 Å². The zero-order valence-electron chi connectivity index (χ0n) is 10.8. The van der Waals surface area contributed by atoms with E-state index < -0.39 is 23.2 Å². The SMILES string of the molecule is Cn1ncc([N+](=O)[O-])c1[C@@H]1CC[C@@H](N=[N+]=[N-])[C@@H](O)CO1. The van der Waals surface area contributed by atoms with Crippen LogP contribution in [-0.2, 0) is 11.8 Å². The molecule has 0 spiro atoms. The molecule has 1 aliphatic heterocycles. The van der Waals surface area contributed by atoms with Crippen LogP contribution in [0.3, 0.4) is 0 Å². The number of aromatic nitrogens is 2. The minimum absolute atomic E-state index is 0.0450. The first-order chi connectivity index (χ1) is 9.54. The van der Waals surface area contributed by atoms with Gasteiger partial charge in [-0.15, -0.1) is 0 Å². The fourth-order valence-corrected chi connectivity index (χ4v) is 2.29. The zero-order chi connectivity index (χ0) is 14.7. The summed E-state index contributed by atoms with van der Waals surface area (Å²) in [6.07, 6.45) is 0.490. The van der Waals surface area contributed by atoms with Crippen molar-refractivity contribution in [1.82, 2.24) is 9.78 Å². The Morgan fingerprint density at radius 3 is 3.10 bits per heavy atom. The van der Waals surface area contributed by atoms with Crippen LogP contribution in [0.4, 0.5) is 5.69 Å². The van der Waals surface area contributed by atoms with Gasteiger partial charge in [-0.25, -0.2) is 0 Å². The first-order valence-corrected chi connectivity index (χ1v) is 6.04. The van der Waals surface area contributed by atoms with Crippen LogP contribution in [0, 0.1) is 10.1 Å². The van der Waals surface area contributed by atoms with Gasteiger partial charge in [0, 0.05) is 12.0 Å². The second-order valence-corrected chi connectivity index (χ2v) is 4.53. The van der Waals surface area contributed by atoms with Crippen LogP contribution < -0.4 is 0 Å². The molecule has 0 aromatic carbocycles. The van der Waals surface area contributed by atoms with Gasteiger partial charge in [0.1, 0.15) is 18.0 Å². The number of nitrogens with zero attached hydrogens (tertiary/aromatic N) is 6. The lowest BCUT2D eigenvalue weighted by atomic mass is 10.0. The minimum Gasteiger partial charge on any atom is -0.390 e. The van der Waals surface area contributed by atoms with Crippen LogP contribution in [0.2, 0.25) is 0 Å². The Balaban J connectivity index is 2.24. The maximum atomic E-state index is 11.0. The Morgan fingerprint density at radius 2 is 2.45 bits per heavy atom. The monoisotopic (exact) mass is 282 g/mol. The molecule has 108 valence electrons. The van der Waals surface area contributed by atoms with Gasteiger partial charge in [-0.2, -0.15) is 5.10 Å². The fourth-order valence-electron chi connectivity index (χ4n) is 2.29. The van der Waals surface area contributed by atoms with Crippen molar-refractivity contribution < 1.29 is 14.8 Å². The summed E-state index contributed by atoms with van der Waals surface area (Å²) in [5.41, 5.74) is 8.68. The third-order valence-electron chi connectivity index (χ3n) is 3.30. The topological polar surface area (TPSA) is 139 Å². The number of hydrogen-bond donors (Lipinski definition) is 1. The van der Waals surface area contributed by atoms with E-state index in [2.05, 4.69) is 15.1 Å². The summed E-state index contributed by atoms with van der Waals surface area (Å²) < 4.78 is 6.90. The van der Waals surface area contributed by atoms with Crippen LogP contribution in [0.15, 0.2) is 11.3 Å². The van der Waals surface area contributed by atoms with Crippen LogP contribution in [0.25, 0.3) is 10.4 Å². The number of azide groups is 1. The lowest BCUT2D eigenvalue weighted by Gasteiger charge is -2.15. The highest BCUT2D eigenvalue weighted by Gasteiger charge is 2.32. The molecule has 10 nitrogen and oxygen atoms in total. The molecule has 1 aromatic heterocycles. The van der Waals surface area contributed by atoms with Gasteiger partial charge in [0.2, 0.25) is 0 Å². The Kier molecular flexibility index (Phi) is 4.18. The van der Waals surface area contributed by atoms with Crippen molar-refractivity contribution in [3.63, 3.8) is 0 Å². The maximum absolute atomic E-state index is 11.0. The fraction of sp³-hybridized carbons (Fsp3) is 0.700. The van der Waals surface area contributed by atoms with Gasteiger partial charge in [0.05, 0.1) is 23.7 Å². The van der Waals surface area contributed by atoms with Crippen molar-refractivity contribution >= 4 is 5.69 Å². The third-order valence-corrected chi connectivity index (χ3v) is 3.30. The molecule has 1 fully saturated rings. The minimum atomic E-state index is -0.914. The summed E-state index contributed by atoms with van der Waals surface area (Å²) in [7, 11) is 1.60. The Bertz CT molecular complexity index is 552. The van der Waals surface area contributed by atoms with E-state index in [4.69, 9.17) is 10.3 Å². The standard InChI is InChI=1S/C10H14N6O4/c1-15-10(7(4-12-15)16(18)19)9-3-2-6(13-14-11)8(17)5-20-9/h4,6,8-9,17H,2-3,5H2,1H3/t6-,8+,9+/m1/s1. The molecule has 1 aromatic rings. The van der Waals surface area contributed by atoms with Gasteiger partial charge in [-0.3, -0.25) is 14.8 Å². The van der Waals surface area contributed by atoms with E-state index in [9.17, 15) is 15.2 Å². The van der Waals surface area contributed by atoms with Crippen molar-refractivity contribution in [3.05, 3.63) is 32.4 Å². The molecule has 2 heterocycles. The summed E-state index contributed by atoms with van der Waals surface area (Å²) in [6.45, 7) is -0.0450. The number of aliphatic hydroxyl groups excluding tert-OH is 1.